The number of nitro benzene ring substituents is 1. The molecule has 1 aromatic heterocycles. The summed E-state index contributed by atoms with van der Waals surface area (Å²) in [4.78, 5) is 53.5. The molecule has 4 atom stereocenters. The molecule has 13 nitrogen and oxygen atoms in total. The van der Waals surface area contributed by atoms with Gasteiger partial charge in [0.2, 0.25) is 5.91 Å². The highest BCUT2D eigenvalue weighted by Gasteiger charge is 2.66. The van der Waals surface area contributed by atoms with Crippen molar-refractivity contribution in [3.05, 3.63) is 75.6 Å². The summed E-state index contributed by atoms with van der Waals surface area (Å²) in [7, 11) is -2.94. The van der Waals surface area contributed by atoms with Crippen molar-refractivity contribution >= 4 is 37.2 Å². The van der Waals surface area contributed by atoms with Gasteiger partial charge in [-0.1, -0.05) is 24.3 Å². The van der Waals surface area contributed by atoms with Gasteiger partial charge in [-0.15, -0.1) is 5.10 Å². The average molecular weight is 649 g/mol. The molecule has 6 rings (SSSR count). The smallest absolute Gasteiger partial charge is 0.269 e. The van der Waals surface area contributed by atoms with Gasteiger partial charge in [-0.05, 0) is 56.1 Å². The number of nitrogens with zero attached hydrogens (tertiary/aromatic N) is 6. The lowest BCUT2D eigenvalue weighted by atomic mass is 9.82. The molecule has 4 heterocycles. The Morgan fingerprint density at radius 3 is 2.59 bits per heavy atom. The van der Waals surface area contributed by atoms with E-state index in [9.17, 15) is 29.6 Å². The van der Waals surface area contributed by atoms with Gasteiger partial charge in [-0.3, -0.25) is 24.4 Å². The van der Waals surface area contributed by atoms with E-state index in [2.05, 4.69) is 10.3 Å². The predicted molar refractivity (Wildman–Crippen MR) is 172 cm³/mol. The van der Waals surface area contributed by atoms with E-state index in [1.807, 2.05) is 44.3 Å². The van der Waals surface area contributed by atoms with Gasteiger partial charge in [0.25, 0.3) is 11.6 Å². The number of aliphatic hydroxyl groups is 1. The van der Waals surface area contributed by atoms with Crippen LogP contribution in [0.25, 0.3) is 0 Å². The predicted octanol–water partition coefficient (Wildman–Crippen LogP) is 3.67. The molecule has 1 spiro atoms. The molecule has 3 aliphatic heterocycles. The molecule has 46 heavy (non-hydrogen) atoms. The number of anilines is 2. The molecule has 0 bridgehead atoms. The second kappa shape index (κ2) is 12.3. The maximum atomic E-state index is 14.7. The fourth-order valence-electron chi connectivity index (χ4n) is 7.59. The normalized spacial score (nSPS) is 24.7. The number of hydrogen-bond acceptors (Lipinski definition) is 9. The Hall–Kier alpha value is -3.98. The van der Waals surface area contributed by atoms with Gasteiger partial charge in [-0.2, -0.15) is 0 Å². The highest BCUT2D eigenvalue weighted by atomic mass is 28.4. The summed E-state index contributed by atoms with van der Waals surface area (Å²) in [5, 5.41) is 29.4. The Morgan fingerprint density at radius 1 is 1.15 bits per heavy atom. The third kappa shape index (κ3) is 5.63. The lowest BCUT2D eigenvalue weighted by molar-refractivity contribution is -0.385. The topological polar surface area (TPSA) is 164 Å². The Morgan fingerprint density at radius 2 is 1.91 bits per heavy atom. The zero-order chi connectivity index (χ0) is 32.8. The summed E-state index contributed by atoms with van der Waals surface area (Å²) in [6.45, 7) is 6.83. The summed E-state index contributed by atoms with van der Waals surface area (Å²) in [6, 6.07) is 12.0. The fourth-order valence-corrected chi connectivity index (χ4v) is 10.2. The van der Waals surface area contributed by atoms with Crippen molar-refractivity contribution in [3.63, 3.8) is 0 Å². The van der Waals surface area contributed by atoms with Crippen LogP contribution < -0.4 is 9.80 Å². The Labute approximate surface area is 268 Å². The fraction of sp³-hybridized carbons (Fsp3) is 0.500. The van der Waals surface area contributed by atoms with Gasteiger partial charge in [0.15, 0.2) is 13.9 Å². The van der Waals surface area contributed by atoms with E-state index >= 15 is 0 Å². The van der Waals surface area contributed by atoms with E-state index in [1.54, 1.807) is 26.7 Å². The first-order valence-electron chi connectivity index (χ1n) is 15.8. The second-order valence-electron chi connectivity index (χ2n) is 13.1. The molecule has 2 amide bonds. The number of non-ortho nitro benzene ring substituents is 1. The molecule has 3 aromatic rings. The quantitative estimate of drug-likeness (QED) is 0.190. The standard InChI is InChI=1S/C32H40N6O7Si/c1-21-30(46(2,3)44)28(13-16-35-20-23(14-17-39)33-34-35)45-32(21)26-18-25(38(42)43)11-12-27(26)37(31(32)41)19-22-7-9-24(10-8-22)36-15-5-4-6-29(36)40/h7-12,18,20-21,28,30,39,44H,4-6,13-17,19H2,1-3H3/t21-,28+,30-,32+/m0/s1. The van der Waals surface area contributed by atoms with Crippen molar-refractivity contribution < 1.29 is 29.2 Å². The molecular formula is C32H40N6O7Si. The summed E-state index contributed by atoms with van der Waals surface area (Å²) in [5.74, 6) is -0.689. The molecular weight excluding hydrogens is 608 g/mol. The minimum atomic E-state index is -2.94. The van der Waals surface area contributed by atoms with Crippen LogP contribution in [-0.4, -0.2) is 69.2 Å². The van der Waals surface area contributed by atoms with Crippen LogP contribution in [0.15, 0.2) is 48.7 Å². The van der Waals surface area contributed by atoms with Crippen LogP contribution in [0, 0.1) is 16.0 Å². The van der Waals surface area contributed by atoms with Gasteiger partial charge in [0, 0.05) is 73.6 Å². The minimum absolute atomic E-state index is 0.0384. The van der Waals surface area contributed by atoms with Gasteiger partial charge in [0.1, 0.15) is 0 Å². The highest BCUT2D eigenvalue weighted by Crippen LogP contribution is 2.60. The van der Waals surface area contributed by atoms with Gasteiger partial charge < -0.3 is 24.4 Å². The monoisotopic (exact) mass is 648 g/mol. The lowest BCUT2D eigenvalue weighted by Crippen LogP contribution is -2.46. The number of hydrogen-bond donors (Lipinski definition) is 2. The van der Waals surface area contributed by atoms with E-state index in [0.717, 1.165) is 24.1 Å². The number of aromatic nitrogens is 3. The first kappa shape index (κ1) is 32.0. The Balaban J connectivity index is 1.33. The number of benzene rings is 2. The van der Waals surface area contributed by atoms with Crippen LogP contribution in [0.5, 0.6) is 0 Å². The Kier molecular flexibility index (Phi) is 8.56. The van der Waals surface area contributed by atoms with Crippen LogP contribution in [0.2, 0.25) is 18.6 Å². The molecule has 0 aliphatic carbocycles. The third-order valence-electron chi connectivity index (χ3n) is 9.69. The highest BCUT2D eigenvalue weighted by molar-refractivity contribution is 6.71. The maximum absolute atomic E-state index is 14.7. The third-order valence-corrected chi connectivity index (χ3v) is 12.2. The number of amides is 2. The zero-order valence-electron chi connectivity index (χ0n) is 26.3. The molecule has 0 saturated carbocycles. The largest absolute Gasteiger partial charge is 0.432 e. The van der Waals surface area contributed by atoms with E-state index in [1.165, 1.54) is 12.1 Å². The molecule has 0 unspecified atom stereocenters. The molecule has 14 heteroatoms. The van der Waals surface area contributed by atoms with Crippen molar-refractivity contribution in [2.75, 3.05) is 23.0 Å². The van der Waals surface area contributed by atoms with Crippen LogP contribution in [0.4, 0.5) is 17.1 Å². The number of carbonyl (C=O) groups excluding carboxylic acids is 2. The molecule has 3 aliphatic rings. The number of fused-ring (bicyclic) bond motifs is 2. The minimum Gasteiger partial charge on any atom is -0.432 e. The number of aryl methyl sites for hydroxylation is 1. The van der Waals surface area contributed by atoms with Crippen molar-refractivity contribution in [2.24, 2.45) is 5.92 Å². The zero-order valence-corrected chi connectivity index (χ0v) is 27.3. The number of rotatable bonds is 10. The lowest BCUT2D eigenvalue weighted by Gasteiger charge is -2.32. The molecule has 2 fully saturated rings. The van der Waals surface area contributed by atoms with Crippen molar-refractivity contribution in [1.29, 1.82) is 0 Å². The first-order valence-corrected chi connectivity index (χ1v) is 18.9. The molecule has 2 saturated heterocycles. The van der Waals surface area contributed by atoms with Gasteiger partial charge in [0.05, 0.1) is 29.0 Å². The summed E-state index contributed by atoms with van der Waals surface area (Å²) in [5.41, 5.74) is 1.27. The number of nitro groups is 1. The maximum Gasteiger partial charge on any atom is 0.269 e. The summed E-state index contributed by atoms with van der Waals surface area (Å²) >= 11 is 0. The van der Waals surface area contributed by atoms with E-state index in [-0.39, 0.29) is 36.2 Å². The van der Waals surface area contributed by atoms with Crippen molar-refractivity contribution in [3.8, 4) is 0 Å². The average Bonchev–Trinajstić information content (AvgIpc) is 3.66. The van der Waals surface area contributed by atoms with Crippen LogP contribution in [0.3, 0.4) is 0 Å². The van der Waals surface area contributed by atoms with Crippen LogP contribution >= 0.6 is 0 Å². The van der Waals surface area contributed by atoms with E-state index < -0.39 is 30.9 Å². The number of carbonyl (C=O) groups is 2. The first-order chi connectivity index (χ1) is 21.9. The molecule has 2 aromatic carbocycles. The van der Waals surface area contributed by atoms with Crippen molar-refractivity contribution in [1.82, 2.24) is 15.0 Å². The van der Waals surface area contributed by atoms with Gasteiger partial charge >= 0.3 is 0 Å². The molecule has 0 radical (unpaired) electrons. The number of piperidine rings is 1. The summed E-state index contributed by atoms with van der Waals surface area (Å²) in [6.07, 6.45) is 4.44. The number of ether oxygens (including phenoxy) is 1. The summed E-state index contributed by atoms with van der Waals surface area (Å²) < 4.78 is 8.47. The number of aliphatic hydroxyl groups excluding tert-OH is 1. The van der Waals surface area contributed by atoms with E-state index in [0.29, 0.717) is 49.3 Å². The van der Waals surface area contributed by atoms with Crippen LogP contribution in [-0.2, 0) is 39.4 Å². The molecule has 2 N–H and O–H groups in total. The van der Waals surface area contributed by atoms with E-state index in [4.69, 9.17) is 4.74 Å². The van der Waals surface area contributed by atoms with Crippen LogP contribution in [0.1, 0.15) is 49.4 Å². The Bertz CT molecular complexity index is 1640. The van der Waals surface area contributed by atoms with Gasteiger partial charge in [-0.25, -0.2) is 0 Å². The second-order valence-corrected chi connectivity index (χ2v) is 17.1. The SMILES string of the molecule is C[C@H]1[C@H]([Si](C)(C)O)[C@@H](CCn2cc(CCO)nn2)O[C@]12C(=O)N(Cc1ccc(N3CCCCC3=O)cc1)c1ccc([N+](=O)[O-])cc12. The molecule has 244 valence electrons. The van der Waals surface area contributed by atoms with Crippen molar-refractivity contribution in [2.45, 2.75) is 82.5 Å².